The molecular weight excluding hydrogens is 388 g/mol. The number of nitrogens with one attached hydrogen (secondary N) is 1. The lowest BCUT2D eigenvalue weighted by molar-refractivity contribution is -0.137. The molecule has 1 fully saturated rings. The molecule has 2 aliphatic heterocycles. The van der Waals surface area contributed by atoms with E-state index >= 15 is 0 Å². The predicted molar refractivity (Wildman–Crippen MR) is 111 cm³/mol. The number of benzene rings is 1. The van der Waals surface area contributed by atoms with E-state index in [4.69, 9.17) is 0 Å². The fourth-order valence-electron chi connectivity index (χ4n) is 4.07. The van der Waals surface area contributed by atoms with Gasteiger partial charge >= 0.3 is 0 Å². The zero-order valence-electron chi connectivity index (χ0n) is 16.5. The molecule has 1 saturated heterocycles. The van der Waals surface area contributed by atoms with Gasteiger partial charge in [0.15, 0.2) is 0 Å². The second-order valence-electron chi connectivity index (χ2n) is 7.71. The van der Waals surface area contributed by atoms with E-state index in [-0.39, 0.29) is 16.8 Å². The number of hydrogen-bond acceptors (Lipinski definition) is 5. The van der Waals surface area contributed by atoms with E-state index in [1.165, 1.54) is 6.20 Å². The largest absolute Gasteiger partial charge is 0.337 e. The van der Waals surface area contributed by atoms with Gasteiger partial charge in [0.2, 0.25) is 5.91 Å². The predicted octanol–water partition coefficient (Wildman–Crippen LogP) is 2.25. The molecule has 1 aromatic carbocycles. The molecule has 2 aromatic rings. The lowest BCUT2D eigenvalue weighted by Gasteiger charge is -2.33. The van der Waals surface area contributed by atoms with Gasteiger partial charge in [0.25, 0.3) is 10.0 Å². The molecule has 0 bridgehead atoms. The van der Waals surface area contributed by atoms with Crippen LogP contribution in [0, 0.1) is 0 Å². The van der Waals surface area contributed by atoms with E-state index in [1.807, 2.05) is 17.9 Å². The first-order valence-electron chi connectivity index (χ1n) is 10.0. The lowest BCUT2D eigenvalue weighted by Crippen LogP contribution is -2.47. The zero-order chi connectivity index (χ0) is 20.4. The topological polar surface area (TPSA) is 82.6 Å². The summed E-state index contributed by atoms with van der Waals surface area (Å²) < 4.78 is 27.9. The molecule has 0 aliphatic carbocycles. The Hall–Kier alpha value is -2.45. The summed E-state index contributed by atoms with van der Waals surface area (Å²) in [6.45, 7) is 5.11. The maximum absolute atomic E-state index is 12.9. The number of hydrogen-bond donors (Lipinski definition) is 1. The first-order valence-corrected chi connectivity index (χ1v) is 11.5. The maximum Gasteiger partial charge on any atom is 0.261 e. The minimum atomic E-state index is -3.68. The van der Waals surface area contributed by atoms with Gasteiger partial charge in [-0.05, 0) is 74.7 Å². The van der Waals surface area contributed by atoms with Crippen LogP contribution >= 0.6 is 0 Å². The fraction of sp³-hybridized carbons (Fsp3) is 0.429. The molecule has 1 aromatic heterocycles. The van der Waals surface area contributed by atoms with E-state index in [0.29, 0.717) is 25.2 Å². The van der Waals surface area contributed by atoms with Crippen LogP contribution in [0.2, 0.25) is 0 Å². The Morgan fingerprint density at radius 3 is 2.66 bits per heavy atom. The van der Waals surface area contributed by atoms with E-state index in [1.54, 1.807) is 30.5 Å². The van der Waals surface area contributed by atoms with Gasteiger partial charge in [0, 0.05) is 19.3 Å². The van der Waals surface area contributed by atoms with Crippen molar-refractivity contribution in [3.8, 4) is 0 Å². The van der Waals surface area contributed by atoms with Gasteiger partial charge in [0.1, 0.15) is 0 Å². The van der Waals surface area contributed by atoms with Gasteiger partial charge in [-0.25, -0.2) is 8.42 Å². The van der Waals surface area contributed by atoms with Crippen LogP contribution < -0.4 is 4.72 Å². The summed E-state index contributed by atoms with van der Waals surface area (Å²) in [5.74, 6) is 0.160. The van der Waals surface area contributed by atoms with Crippen molar-refractivity contribution in [1.29, 1.82) is 0 Å². The molecule has 154 valence electrons. The van der Waals surface area contributed by atoms with Gasteiger partial charge in [0.05, 0.1) is 22.8 Å². The zero-order valence-corrected chi connectivity index (χ0v) is 17.4. The highest BCUT2D eigenvalue weighted by Gasteiger charge is 2.30. The number of likely N-dealkylation sites (tertiary alicyclic amines) is 1. The Morgan fingerprint density at radius 2 is 1.93 bits per heavy atom. The second-order valence-corrected chi connectivity index (χ2v) is 9.39. The van der Waals surface area contributed by atoms with Crippen molar-refractivity contribution in [3.63, 3.8) is 0 Å². The van der Waals surface area contributed by atoms with Crippen LogP contribution in [0.25, 0.3) is 0 Å². The number of rotatable bonds is 5. The molecule has 8 heteroatoms. The van der Waals surface area contributed by atoms with Crippen molar-refractivity contribution >= 4 is 21.6 Å². The molecule has 4 rings (SSSR count). The molecule has 2 aliphatic rings. The summed E-state index contributed by atoms with van der Waals surface area (Å²) in [6.07, 6.45) is 6.04. The second kappa shape index (κ2) is 8.12. The van der Waals surface area contributed by atoms with E-state index in [2.05, 4.69) is 14.6 Å². The van der Waals surface area contributed by atoms with Gasteiger partial charge in [-0.2, -0.15) is 0 Å². The minimum Gasteiger partial charge on any atom is -0.337 e. The first kappa shape index (κ1) is 19.8. The minimum absolute atomic E-state index is 0.0950. The number of nitrogens with zero attached hydrogens (tertiary/aromatic N) is 3. The van der Waals surface area contributed by atoms with Crippen LogP contribution in [-0.2, 0) is 27.8 Å². The average Bonchev–Trinajstić information content (AvgIpc) is 3.27. The number of amides is 1. The number of pyridine rings is 1. The molecule has 1 N–H and O–H groups in total. The molecular formula is C21H26N4O3S. The van der Waals surface area contributed by atoms with Crippen LogP contribution in [0.15, 0.2) is 47.6 Å². The maximum atomic E-state index is 12.9. The Kier molecular flexibility index (Phi) is 5.56. The Morgan fingerprint density at radius 1 is 1.14 bits per heavy atom. The fourth-order valence-corrected chi connectivity index (χ4v) is 5.16. The summed E-state index contributed by atoms with van der Waals surface area (Å²) in [6, 6.07) is 8.40. The summed E-state index contributed by atoms with van der Waals surface area (Å²) >= 11 is 0. The van der Waals surface area contributed by atoms with E-state index < -0.39 is 10.0 Å². The normalized spacial score (nSPS) is 18.3. The molecule has 0 saturated carbocycles. The van der Waals surface area contributed by atoms with Crippen molar-refractivity contribution < 1.29 is 13.2 Å². The highest BCUT2D eigenvalue weighted by molar-refractivity contribution is 7.92. The van der Waals surface area contributed by atoms with Crippen molar-refractivity contribution in [2.24, 2.45) is 0 Å². The number of anilines is 1. The number of sulfonamides is 1. The third-order valence-corrected chi connectivity index (χ3v) is 7.15. The third kappa shape index (κ3) is 4.28. The molecule has 29 heavy (non-hydrogen) atoms. The SMILES string of the molecule is C[C@H](C(=O)N1CCc2cc(S(=O)(=O)Nc3cccnc3)ccc2C1)N1CCCC1. The van der Waals surface area contributed by atoms with Crippen LogP contribution in [-0.4, -0.2) is 54.8 Å². The summed E-state index contributed by atoms with van der Waals surface area (Å²) in [5.41, 5.74) is 2.42. The third-order valence-electron chi connectivity index (χ3n) is 5.77. The average molecular weight is 415 g/mol. The van der Waals surface area contributed by atoms with Crippen molar-refractivity contribution in [2.75, 3.05) is 24.4 Å². The van der Waals surface area contributed by atoms with Crippen LogP contribution in [0.3, 0.4) is 0 Å². The number of carbonyl (C=O) groups excluding carboxylic acids is 1. The van der Waals surface area contributed by atoms with Gasteiger partial charge in [-0.3, -0.25) is 19.4 Å². The number of carbonyl (C=O) groups is 1. The molecule has 1 atom stereocenters. The summed E-state index contributed by atoms with van der Waals surface area (Å²) in [4.78, 5) is 21.2. The monoisotopic (exact) mass is 414 g/mol. The molecule has 7 nitrogen and oxygen atoms in total. The Bertz CT molecular complexity index is 988. The number of aromatic nitrogens is 1. The lowest BCUT2D eigenvalue weighted by atomic mass is 9.99. The van der Waals surface area contributed by atoms with Crippen molar-refractivity contribution in [3.05, 3.63) is 53.9 Å². The molecule has 0 spiro atoms. The van der Waals surface area contributed by atoms with Crippen LogP contribution in [0.4, 0.5) is 5.69 Å². The summed E-state index contributed by atoms with van der Waals surface area (Å²) in [5, 5.41) is 0. The van der Waals surface area contributed by atoms with Crippen LogP contribution in [0.1, 0.15) is 30.9 Å². The standard InChI is InChI=1S/C21H26N4O3S/c1-16(24-10-2-3-11-24)21(26)25-12-8-17-13-20(7-6-18(17)15-25)29(27,28)23-19-5-4-9-22-14-19/h4-7,9,13-14,16,23H,2-3,8,10-12,15H2,1H3/t16-/m1/s1. The van der Waals surface area contributed by atoms with Crippen molar-refractivity contribution in [1.82, 2.24) is 14.8 Å². The highest BCUT2D eigenvalue weighted by atomic mass is 32.2. The van der Waals surface area contributed by atoms with Crippen molar-refractivity contribution in [2.45, 2.75) is 43.7 Å². The number of fused-ring (bicyclic) bond motifs is 1. The van der Waals surface area contributed by atoms with Gasteiger partial charge in [-0.1, -0.05) is 6.07 Å². The first-order chi connectivity index (χ1) is 13.9. The molecule has 0 radical (unpaired) electrons. The quantitative estimate of drug-likeness (QED) is 0.811. The van der Waals surface area contributed by atoms with Gasteiger partial charge in [-0.15, -0.1) is 0 Å². The highest BCUT2D eigenvalue weighted by Crippen LogP contribution is 2.25. The Balaban J connectivity index is 1.47. The summed E-state index contributed by atoms with van der Waals surface area (Å²) in [7, 11) is -3.68. The van der Waals surface area contributed by atoms with E-state index in [9.17, 15) is 13.2 Å². The smallest absolute Gasteiger partial charge is 0.261 e. The molecule has 0 unspecified atom stereocenters. The van der Waals surface area contributed by atoms with Gasteiger partial charge < -0.3 is 4.90 Å². The molecule has 1 amide bonds. The Labute approximate surface area is 171 Å². The van der Waals surface area contributed by atoms with Crippen LogP contribution in [0.5, 0.6) is 0 Å². The molecule has 3 heterocycles. The van der Waals surface area contributed by atoms with E-state index in [0.717, 1.165) is 37.1 Å².